The average molecular weight is 397 g/mol. The van der Waals surface area contributed by atoms with Crippen LogP contribution in [0.5, 0.6) is 0 Å². The number of rotatable bonds is 9. The summed E-state index contributed by atoms with van der Waals surface area (Å²) in [5.74, 6) is 1.31. The van der Waals surface area contributed by atoms with Crippen LogP contribution in [-0.4, -0.2) is 71.5 Å². The summed E-state index contributed by atoms with van der Waals surface area (Å²) in [6, 6.07) is 8.60. The molecular weight excluding hydrogens is 364 g/mol. The minimum atomic E-state index is 0.362. The number of ether oxygens (including phenoxy) is 2. The third-order valence-electron chi connectivity index (χ3n) is 4.92. The van der Waals surface area contributed by atoms with Gasteiger partial charge in [0.1, 0.15) is 0 Å². The van der Waals surface area contributed by atoms with Crippen LogP contribution >= 0.6 is 11.6 Å². The minimum Gasteiger partial charge on any atom is -0.382 e. The largest absolute Gasteiger partial charge is 0.382 e. The number of guanidine groups is 1. The first kappa shape index (κ1) is 22.0. The molecule has 1 heterocycles. The van der Waals surface area contributed by atoms with Crippen LogP contribution in [0.2, 0.25) is 5.02 Å². The van der Waals surface area contributed by atoms with E-state index in [2.05, 4.69) is 39.7 Å². The molecule has 2 rings (SSSR count). The van der Waals surface area contributed by atoms with E-state index >= 15 is 0 Å². The van der Waals surface area contributed by atoms with Gasteiger partial charge in [0.15, 0.2) is 5.96 Å². The number of hydrogen-bond acceptors (Lipinski definition) is 4. The molecule has 1 fully saturated rings. The van der Waals surface area contributed by atoms with Gasteiger partial charge in [-0.05, 0) is 50.0 Å². The molecule has 0 aromatic heterocycles. The number of likely N-dealkylation sites (tertiary alicyclic amines) is 1. The van der Waals surface area contributed by atoms with Gasteiger partial charge in [-0.1, -0.05) is 23.7 Å². The predicted octanol–water partition coefficient (Wildman–Crippen LogP) is 2.55. The van der Waals surface area contributed by atoms with E-state index in [9.17, 15) is 0 Å². The molecule has 0 radical (unpaired) electrons. The van der Waals surface area contributed by atoms with Crippen LogP contribution in [0.15, 0.2) is 29.3 Å². The van der Waals surface area contributed by atoms with Crippen LogP contribution < -0.4 is 10.6 Å². The standard InChI is InChI=1S/C20H33ClN4O2/c1-22-20(23-9-11-27-13-12-26-3)24-15-17-7-5-10-25(2)19(17)16-6-4-8-18(21)14-16/h4,6,8,14,17,19H,5,7,9-13,15H2,1-3H3,(H2,22,23,24). The topological polar surface area (TPSA) is 58.1 Å². The number of nitrogens with zero attached hydrogens (tertiary/aromatic N) is 2. The van der Waals surface area contributed by atoms with E-state index in [1.54, 1.807) is 14.2 Å². The molecule has 6 nitrogen and oxygen atoms in total. The highest BCUT2D eigenvalue weighted by Crippen LogP contribution is 2.35. The molecule has 1 aromatic rings. The molecule has 0 aliphatic carbocycles. The first-order chi connectivity index (χ1) is 13.2. The highest BCUT2D eigenvalue weighted by molar-refractivity contribution is 6.30. The number of methoxy groups -OCH3 is 1. The molecule has 0 bridgehead atoms. The Morgan fingerprint density at radius 3 is 2.89 bits per heavy atom. The summed E-state index contributed by atoms with van der Waals surface area (Å²) in [4.78, 5) is 6.75. The van der Waals surface area contributed by atoms with Gasteiger partial charge in [0.25, 0.3) is 0 Å². The number of aliphatic imine (C=N–C) groups is 1. The van der Waals surface area contributed by atoms with Crippen molar-refractivity contribution in [3.05, 3.63) is 34.9 Å². The Labute approximate surface area is 168 Å². The summed E-state index contributed by atoms with van der Waals surface area (Å²) < 4.78 is 10.4. The van der Waals surface area contributed by atoms with Gasteiger partial charge in [-0.2, -0.15) is 0 Å². The maximum atomic E-state index is 6.23. The van der Waals surface area contributed by atoms with Crippen LogP contribution in [0.4, 0.5) is 0 Å². The van der Waals surface area contributed by atoms with Crippen molar-refractivity contribution in [3.63, 3.8) is 0 Å². The number of benzene rings is 1. The molecule has 0 saturated carbocycles. The minimum absolute atomic E-state index is 0.362. The molecule has 0 spiro atoms. The number of halogens is 1. The van der Waals surface area contributed by atoms with Crippen LogP contribution in [0.25, 0.3) is 0 Å². The Morgan fingerprint density at radius 2 is 2.15 bits per heavy atom. The second kappa shape index (κ2) is 12.2. The van der Waals surface area contributed by atoms with Gasteiger partial charge < -0.3 is 20.1 Å². The zero-order valence-electron chi connectivity index (χ0n) is 16.7. The van der Waals surface area contributed by atoms with Gasteiger partial charge in [0.05, 0.1) is 19.8 Å². The first-order valence-corrected chi connectivity index (χ1v) is 10.0. The summed E-state index contributed by atoms with van der Waals surface area (Å²) in [6.45, 7) is 4.55. The van der Waals surface area contributed by atoms with E-state index in [0.717, 1.165) is 24.1 Å². The van der Waals surface area contributed by atoms with Crippen molar-refractivity contribution in [2.75, 3.05) is 60.7 Å². The van der Waals surface area contributed by atoms with E-state index in [0.29, 0.717) is 38.3 Å². The Kier molecular flexibility index (Phi) is 9.91. The Bertz CT molecular complexity index is 585. The van der Waals surface area contributed by atoms with Crippen molar-refractivity contribution < 1.29 is 9.47 Å². The average Bonchev–Trinajstić information content (AvgIpc) is 2.67. The van der Waals surface area contributed by atoms with Gasteiger partial charge in [0.2, 0.25) is 0 Å². The Morgan fingerprint density at radius 1 is 1.30 bits per heavy atom. The normalized spacial score (nSPS) is 21.3. The molecule has 1 aliphatic rings. The SMILES string of the molecule is CN=C(NCCOCCOC)NCC1CCCN(C)C1c1cccc(Cl)c1. The van der Waals surface area contributed by atoms with Crippen molar-refractivity contribution in [3.8, 4) is 0 Å². The fourth-order valence-corrected chi connectivity index (χ4v) is 3.82. The van der Waals surface area contributed by atoms with Gasteiger partial charge in [0, 0.05) is 38.3 Å². The number of hydrogen-bond donors (Lipinski definition) is 2. The molecule has 2 atom stereocenters. The molecule has 1 saturated heterocycles. The maximum Gasteiger partial charge on any atom is 0.191 e. The molecule has 2 N–H and O–H groups in total. The molecule has 0 amide bonds. The third-order valence-corrected chi connectivity index (χ3v) is 5.16. The van der Waals surface area contributed by atoms with Crippen LogP contribution in [0, 0.1) is 5.92 Å². The van der Waals surface area contributed by atoms with Crippen molar-refractivity contribution in [1.29, 1.82) is 0 Å². The number of piperidine rings is 1. The van der Waals surface area contributed by atoms with Gasteiger partial charge in [-0.3, -0.25) is 9.89 Å². The summed E-state index contributed by atoms with van der Waals surface area (Å²) in [6.07, 6.45) is 2.39. The summed E-state index contributed by atoms with van der Waals surface area (Å²) in [5.41, 5.74) is 1.28. The van der Waals surface area contributed by atoms with Crippen molar-refractivity contribution in [2.45, 2.75) is 18.9 Å². The zero-order valence-corrected chi connectivity index (χ0v) is 17.5. The monoisotopic (exact) mass is 396 g/mol. The lowest BCUT2D eigenvalue weighted by Gasteiger charge is -2.40. The molecule has 1 aliphatic heterocycles. The summed E-state index contributed by atoms with van der Waals surface area (Å²) >= 11 is 6.23. The van der Waals surface area contributed by atoms with Crippen molar-refractivity contribution >= 4 is 17.6 Å². The molecule has 2 unspecified atom stereocenters. The van der Waals surface area contributed by atoms with E-state index in [4.69, 9.17) is 21.1 Å². The molecule has 152 valence electrons. The lowest BCUT2D eigenvalue weighted by atomic mass is 9.85. The lowest BCUT2D eigenvalue weighted by molar-refractivity contribution is 0.0733. The van der Waals surface area contributed by atoms with Gasteiger partial charge in [-0.25, -0.2) is 0 Å². The quantitative estimate of drug-likeness (QED) is 0.381. The molecule has 7 heteroatoms. The van der Waals surface area contributed by atoms with Crippen LogP contribution in [-0.2, 0) is 9.47 Å². The molecule has 1 aromatic carbocycles. The zero-order chi connectivity index (χ0) is 19.5. The van der Waals surface area contributed by atoms with E-state index in [1.807, 2.05) is 12.1 Å². The van der Waals surface area contributed by atoms with Crippen molar-refractivity contribution in [1.82, 2.24) is 15.5 Å². The highest BCUT2D eigenvalue weighted by atomic mass is 35.5. The molecular formula is C20H33ClN4O2. The Balaban J connectivity index is 1.85. The van der Waals surface area contributed by atoms with E-state index < -0.39 is 0 Å². The second-order valence-corrected chi connectivity index (χ2v) is 7.30. The van der Waals surface area contributed by atoms with Gasteiger partial charge in [-0.15, -0.1) is 0 Å². The summed E-state index contributed by atoms with van der Waals surface area (Å²) in [7, 11) is 5.66. The maximum absolute atomic E-state index is 6.23. The van der Waals surface area contributed by atoms with Crippen molar-refractivity contribution in [2.24, 2.45) is 10.9 Å². The van der Waals surface area contributed by atoms with Gasteiger partial charge >= 0.3 is 0 Å². The molecule has 27 heavy (non-hydrogen) atoms. The smallest absolute Gasteiger partial charge is 0.191 e. The highest BCUT2D eigenvalue weighted by Gasteiger charge is 2.30. The fraction of sp³-hybridized carbons (Fsp3) is 0.650. The predicted molar refractivity (Wildman–Crippen MR) is 112 cm³/mol. The first-order valence-electron chi connectivity index (χ1n) is 9.62. The fourth-order valence-electron chi connectivity index (χ4n) is 3.62. The number of nitrogens with one attached hydrogen (secondary N) is 2. The second-order valence-electron chi connectivity index (χ2n) is 6.87. The lowest BCUT2D eigenvalue weighted by Crippen LogP contribution is -2.45. The summed E-state index contributed by atoms with van der Waals surface area (Å²) in [5, 5.41) is 7.57. The van der Waals surface area contributed by atoms with Crippen LogP contribution in [0.1, 0.15) is 24.4 Å². The van der Waals surface area contributed by atoms with E-state index in [-0.39, 0.29) is 0 Å². The van der Waals surface area contributed by atoms with E-state index in [1.165, 1.54) is 18.4 Å². The van der Waals surface area contributed by atoms with Crippen LogP contribution in [0.3, 0.4) is 0 Å². The Hall–Kier alpha value is -1.34. The third kappa shape index (κ3) is 7.30.